The molecule has 0 bridgehead atoms. The molecule has 0 atom stereocenters. The number of hydrogen-bond donors (Lipinski definition) is 0. The summed E-state index contributed by atoms with van der Waals surface area (Å²) in [4.78, 5) is 11.4. The molecule has 1 aromatic carbocycles. The molecule has 0 spiro atoms. The average molecular weight is 192 g/mol. The molecule has 2 rings (SSSR count). The van der Waals surface area contributed by atoms with Crippen LogP contribution >= 0.6 is 0 Å². The number of esters is 1. The molecule has 1 aliphatic rings. The number of fused-ring (bicyclic) bond motifs is 1. The van der Waals surface area contributed by atoms with Crippen molar-refractivity contribution in [1.29, 1.82) is 0 Å². The van der Waals surface area contributed by atoms with E-state index in [4.69, 9.17) is 9.47 Å². The zero-order valence-electron chi connectivity index (χ0n) is 8.29. The predicted molar refractivity (Wildman–Crippen MR) is 51.7 cm³/mol. The molecule has 1 aliphatic heterocycles. The number of hydrogen-bond acceptors (Lipinski definition) is 3. The Labute approximate surface area is 82.6 Å². The Bertz CT molecular complexity index is 382. The maximum atomic E-state index is 11.4. The van der Waals surface area contributed by atoms with Crippen molar-refractivity contribution in [2.45, 2.75) is 13.3 Å². The van der Waals surface area contributed by atoms with Crippen LogP contribution in [0.2, 0.25) is 0 Å². The van der Waals surface area contributed by atoms with Gasteiger partial charge >= 0.3 is 5.97 Å². The number of carbonyl (C=O) groups excluding carboxylic acids is 1. The molecule has 0 saturated carbocycles. The molecule has 14 heavy (non-hydrogen) atoms. The fraction of sp³-hybridized carbons (Fsp3) is 0.364. The fourth-order valence-electron chi connectivity index (χ4n) is 1.73. The van der Waals surface area contributed by atoms with Gasteiger partial charge in [0.2, 0.25) is 0 Å². The van der Waals surface area contributed by atoms with Crippen LogP contribution in [-0.4, -0.2) is 19.7 Å². The summed E-state index contributed by atoms with van der Waals surface area (Å²) in [5.74, 6) is 0.546. The zero-order chi connectivity index (χ0) is 10.1. The van der Waals surface area contributed by atoms with Crippen molar-refractivity contribution >= 4 is 5.97 Å². The van der Waals surface area contributed by atoms with Gasteiger partial charge in [-0.25, -0.2) is 4.79 Å². The number of ether oxygens (including phenoxy) is 2. The van der Waals surface area contributed by atoms with E-state index in [0.29, 0.717) is 12.2 Å². The van der Waals surface area contributed by atoms with E-state index in [-0.39, 0.29) is 5.97 Å². The first-order chi connectivity index (χ1) is 6.72. The Morgan fingerprint density at radius 3 is 2.93 bits per heavy atom. The third-order valence-electron chi connectivity index (χ3n) is 2.38. The topological polar surface area (TPSA) is 35.5 Å². The standard InChI is InChI=1S/C11H12O3/c1-7-5-9-8(10(6-7)13-2)3-4-14-11(9)12/h5-6H,3-4H2,1-2H3. The van der Waals surface area contributed by atoms with Gasteiger partial charge in [-0.1, -0.05) is 0 Å². The van der Waals surface area contributed by atoms with E-state index in [9.17, 15) is 4.79 Å². The van der Waals surface area contributed by atoms with E-state index in [1.54, 1.807) is 7.11 Å². The smallest absolute Gasteiger partial charge is 0.338 e. The third-order valence-corrected chi connectivity index (χ3v) is 2.38. The second-order valence-corrected chi connectivity index (χ2v) is 3.38. The van der Waals surface area contributed by atoms with Crippen molar-refractivity contribution in [2.75, 3.05) is 13.7 Å². The van der Waals surface area contributed by atoms with Crippen LogP contribution in [0.25, 0.3) is 0 Å². The quantitative estimate of drug-likeness (QED) is 0.635. The van der Waals surface area contributed by atoms with Gasteiger partial charge in [0.1, 0.15) is 5.75 Å². The SMILES string of the molecule is COc1cc(C)cc2c1CCOC2=O. The Morgan fingerprint density at radius 2 is 2.21 bits per heavy atom. The number of benzene rings is 1. The van der Waals surface area contributed by atoms with Crippen LogP contribution in [0.1, 0.15) is 21.5 Å². The molecular weight excluding hydrogens is 180 g/mol. The number of methoxy groups -OCH3 is 1. The van der Waals surface area contributed by atoms with Crippen LogP contribution in [0.3, 0.4) is 0 Å². The molecule has 1 heterocycles. The summed E-state index contributed by atoms with van der Waals surface area (Å²) in [6.07, 6.45) is 0.741. The normalized spacial score (nSPS) is 14.6. The van der Waals surface area contributed by atoms with Crippen LogP contribution < -0.4 is 4.74 Å². The van der Waals surface area contributed by atoms with E-state index in [0.717, 1.165) is 23.3 Å². The Hall–Kier alpha value is -1.51. The van der Waals surface area contributed by atoms with Crippen molar-refractivity contribution in [3.8, 4) is 5.75 Å². The number of cyclic esters (lactones) is 1. The first-order valence-corrected chi connectivity index (χ1v) is 4.57. The second kappa shape index (κ2) is 3.33. The molecule has 3 heteroatoms. The fourth-order valence-corrected chi connectivity index (χ4v) is 1.73. The minimum atomic E-state index is -0.242. The van der Waals surface area contributed by atoms with E-state index in [2.05, 4.69) is 0 Å². The first kappa shape index (κ1) is 9.06. The van der Waals surface area contributed by atoms with Crippen molar-refractivity contribution < 1.29 is 14.3 Å². The van der Waals surface area contributed by atoms with Crippen LogP contribution in [0.15, 0.2) is 12.1 Å². The lowest BCUT2D eigenvalue weighted by Gasteiger charge is -2.18. The molecule has 0 amide bonds. The number of carbonyl (C=O) groups is 1. The molecule has 0 aromatic heterocycles. The number of aryl methyl sites for hydroxylation is 1. The molecule has 0 unspecified atom stereocenters. The third kappa shape index (κ3) is 1.35. The van der Waals surface area contributed by atoms with Gasteiger partial charge < -0.3 is 9.47 Å². The highest BCUT2D eigenvalue weighted by atomic mass is 16.5. The largest absolute Gasteiger partial charge is 0.496 e. The molecule has 1 aromatic rings. The Kier molecular flexibility index (Phi) is 2.15. The molecular formula is C11H12O3. The van der Waals surface area contributed by atoms with E-state index in [1.807, 2.05) is 19.1 Å². The summed E-state index contributed by atoms with van der Waals surface area (Å²) in [6.45, 7) is 2.38. The second-order valence-electron chi connectivity index (χ2n) is 3.38. The van der Waals surface area contributed by atoms with Gasteiger partial charge in [0.25, 0.3) is 0 Å². The van der Waals surface area contributed by atoms with E-state index < -0.39 is 0 Å². The molecule has 0 radical (unpaired) electrons. The highest BCUT2D eigenvalue weighted by molar-refractivity contribution is 5.93. The Balaban J connectivity index is 2.60. The van der Waals surface area contributed by atoms with Crippen molar-refractivity contribution in [2.24, 2.45) is 0 Å². The Morgan fingerprint density at radius 1 is 1.43 bits per heavy atom. The van der Waals surface area contributed by atoms with Crippen molar-refractivity contribution in [3.63, 3.8) is 0 Å². The molecule has 0 aliphatic carbocycles. The minimum absolute atomic E-state index is 0.242. The highest BCUT2D eigenvalue weighted by Crippen LogP contribution is 2.28. The lowest BCUT2D eigenvalue weighted by molar-refractivity contribution is 0.0478. The summed E-state index contributed by atoms with van der Waals surface area (Å²) < 4.78 is 10.2. The molecule has 3 nitrogen and oxygen atoms in total. The summed E-state index contributed by atoms with van der Waals surface area (Å²) in [5.41, 5.74) is 2.63. The summed E-state index contributed by atoms with van der Waals surface area (Å²) in [6, 6.07) is 3.79. The van der Waals surface area contributed by atoms with Crippen LogP contribution in [0, 0.1) is 6.92 Å². The van der Waals surface area contributed by atoms with E-state index in [1.165, 1.54) is 0 Å². The van der Waals surface area contributed by atoms with E-state index >= 15 is 0 Å². The molecule has 74 valence electrons. The van der Waals surface area contributed by atoms with Gasteiger partial charge in [0.05, 0.1) is 19.3 Å². The monoisotopic (exact) mass is 192 g/mol. The summed E-state index contributed by atoms with van der Waals surface area (Å²) >= 11 is 0. The lowest BCUT2D eigenvalue weighted by atomic mass is 9.99. The van der Waals surface area contributed by atoms with Gasteiger partial charge in [0, 0.05) is 12.0 Å². The maximum absolute atomic E-state index is 11.4. The van der Waals surface area contributed by atoms with Crippen LogP contribution in [0.5, 0.6) is 5.75 Å². The minimum Gasteiger partial charge on any atom is -0.496 e. The van der Waals surface area contributed by atoms with Gasteiger partial charge in [0.15, 0.2) is 0 Å². The molecule has 0 fully saturated rings. The van der Waals surface area contributed by atoms with Gasteiger partial charge in [-0.2, -0.15) is 0 Å². The van der Waals surface area contributed by atoms with Gasteiger partial charge in [-0.15, -0.1) is 0 Å². The maximum Gasteiger partial charge on any atom is 0.338 e. The highest BCUT2D eigenvalue weighted by Gasteiger charge is 2.22. The molecule has 0 saturated heterocycles. The van der Waals surface area contributed by atoms with Crippen molar-refractivity contribution in [1.82, 2.24) is 0 Å². The van der Waals surface area contributed by atoms with Gasteiger partial charge in [-0.3, -0.25) is 0 Å². The van der Waals surface area contributed by atoms with Crippen molar-refractivity contribution in [3.05, 3.63) is 28.8 Å². The predicted octanol–water partition coefficient (Wildman–Crippen LogP) is 1.72. The van der Waals surface area contributed by atoms with Gasteiger partial charge in [-0.05, 0) is 24.6 Å². The summed E-state index contributed by atoms with van der Waals surface area (Å²) in [5, 5.41) is 0. The summed E-state index contributed by atoms with van der Waals surface area (Å²) in [7, 11) is 1.62. The first-order valence-electron chi connectivity index (χ1n) is 4.57. The van der Waals surface area contributed by atoms with Crippen LogP contribution in [-0.2, 0) is 11.2 Å². The average Bonchev–Trinajstić information content (AvgIpc) is 2.18. The number of rotatable bonds is 1. The lowest BCUT2D eigenvalue weighted by Crippen LogP contribution is -2.18. The molecule has 0 N–H and O–H groups in total. The van der Waals surface area contributed by atoms with Crippen LogP contribution in [0.4, 0.5) is 0 Å². The zero-order valence-corrected chi connectivity index (χ0v) is 8.29.